The third kappa shape index (κ3) is 5.88. The molecule has 38 heavy (non-hydrogen) atoms. The molecule has 0 atom stereocenters. The van der Waals surface area contributed by atoms with Gasteiger partial charge in [-0.05, 0) is 70.1 Å². The monoisotopic (exact) mass is 482 g/mol. The molecule has 0 spiro atoms. The van der Waals surface area contributed by atoms with Crippen molar-refractivity contribution in [3.8, 4) is 23.7 Å². The zero-order chi connectivity index (χ0) is 25.1. The second-order valence-corrected chi connectivity index (χ2v) is 8.11. The average molecular weight is 482 g/mol. The Labute approximate surface area is 244 Å². The number of hydrogen-bond acceptors (Lipinski definition) is 2. The molecule has 0 aliphatic heterocycles. The van der Waals surface area contributed by atoms with Crippen LogP contribution in [0, 0.1) is 23.7 Å². The van der Waals surface area contributed by atoms with E-state index in [1.54, 1.807) is 48.5 Å². The van der Waals surface area contributed by atoms with E-state index >= 15 is 0 Å². The van der Waals surface area contributed by atoms with Gasteiger partial charge < -0.3 is 10.2 Å². The molecule has 0 bridgehead atoms. The third-order valence-corrected chi connectivity index (χ3v) is 5.86. The topological polar surface area (TPSA) is 74.6 Å². The van der Waals surface area contributed by atoms with Gasteiger partial charge in [-0.3, -0.25) is 0 Å². The Morgan fingerprint density at radius 2 is 0.737 bits per heavy atom. The van der Waals surface area contributed by atoms with Crippen molar-refractivity contribution in [2.45, 2.75) is 0 Å². The van der Waals surface area contributed by atoms with Crippen molar-refractivity contribution in [1.82, 2.24) is 0 Å². The number of carboxylic acids is 2. The van der Waals surface area contributed by atoms with Crippen molar-refractivity contribution in [3.05, 3.63) is 130 Å². The number of aromatic carboxylic acids is 2. The Hall–Kier alpha value is -4.13. The summed E-state index contributed by atoms with van der Waals surface area (Å²) in [6, 6.07) is 28.9. The molecule has 0 heterocycles. The summed E-state index contributed by atoms with van der Waals surface area (Å²) in [5, 5.41) is 22.1. The van der Waals surface area contributed by atoms with Gasteiger partial charge >= 0.3 is 49.7 Å². The number of benzene rings is 5. The van der Waals surface area contributed by atoms with Crippen LogP contribution < -0.4 is 0 Å². The number of carbonyl (C=O) groups is 2. The quantitative estimate of drug-likeness (QED) is 0.214. The van der Waals surface area contributed by atoms with E-state index in [2.05, 4.69) is 23.7 Å². The number of fused-ring (bicyclic) bond motifs is 2. The summed E-state index contributed by atoms with van der Waals surface area (Å²) < 4.78 is 0. The fraction of sp³-hybridized carbons (Fsp3) is 0. The molecule has 5 aromatic carbocycles. The van der Waals surface area contributed by atoms with Gasteiger partial charge in [0.25, 0.3) is 0 Å². The number of hydrogen-bond donors (Lipinski definition) is 2. The van der Waals surface area contributed by atoms with E-state index in [0.29, 0.717) is 0 Å². The molecule has 0 aliphatic rings. The summed E-state index contributed by atoms with van der Waals surface area (Å²) in [4.78, 5) is 22.3. The number of carboxylic acid groups (broad SMARTS) is 2. The summed E-state index contributed by atoms with van der Waals surface area (Å²) in [6.45, 7) is 0. The van der Waals surface area contributed by atoms with E-state index in [1.165, 1.54) is 0 Å². The van der Waals surface area contributed by atoms with Crippen LogP contribution in [-0.2, 0) is 0 Å². The van der Waals surface area contributed by atoms with Gasteiger partial charge in [0.15, 0.2) is 0 Å². The van der Waals surface area contributed by atoms with E-state index in [1.807, 2.05) is 48.5 Å². The predicted molar refractivity (Wildman–Crippen MR) is 155 cm³/mol. The molecule has 0 fully saturated rings. The Bertz CT molecular complexity index is 1590. The second kappa shape index (κ2) is 12.4. The van der Waals surface area contributed by atoms with Crippen LogP contribution in [0.25, 0.3) is 21.5 Å². The molecule has 0 amide bonds. The molecule has 0 unspecified atom stereocenters. The summed E-state index contributed by atoms with van der Waals surface area (Å²) >= 11 is 0. The van der Waals surface area contributed by atoms with Crippen molar-refractivity contribution in [3.63, 3.8) is 0 Å². The predicted octanol–water partition coefficient (Wildman–Crippen LogP) is 4.89. The average Bonchev–Trinajstić information content (AvgIpc) is 2.91. The van der Waals surface area contributed by atoms with Crippen molar-refractivity contribution >= 4 is 71.2 Å². The first kappa shape index (κ1) is 28.4. The minimum atomic E-state index is -0.971. The molecule has 4 nitrogen and oxygen atoms in total. The Kier molecular flexibility index (Phi) is 9.29. The van der Waals surface area contributed by atoms with Gasteiger partial charge in [0, 0.05) is 22.3 Å². The van der Waals surface area contributed by atoms with E-state index in [9.17, 15) is 9.59 Å². The molecule has 2 N–H and O–H groups in total. The molecular formula is C32H20Li2O4. The Balaban J connectivity index is 0.00000200. The zero-order valence-electron chi connectivity index (χ0n) is 18.9. The summed E-state index contributed by atoms with van der Waals surface area (Å²) in [5.74, 6) is 11.0. The van der Waals surface area contributed by atoms with Gasteiger partial charge in [0.05, 0.1) is 11.1 Å². The first-order valence-electron chi connectivity index (χ1n) is 11.2. The standard InChI is InChI=1S/C32H18O4.2Li.2H/c33-31(34)23-15-9-21(10-16-23)13-19-29-25-5-1-2-6-26(25)30(28-8-4-3-7-27(28)29)20-14-22-11-17-24(18-12-22)32(35)36;;;;/h1-12,15-18H,(H,33,34)(H,35,36);;;;. The molecule has 5 rings (SSSR count). The maximum absolute atomic E-state index is 11.1. The third-order valence-electron chi connectivity index (χ3n) is 5.86. The van der Waals surface area contributed by atoms with Crippen molar-refractivity contribution < 1.29 is 19.8 Å². The molecule has 0 radical (unpaired) electrons. The molecule has 0 saturated carbocycles. The van der Waals surface area contributed by atoms with Crippen LogP contribution in [0.5, 0.6) is 0 Å². The SMILES string of the molecule is O=C(O)c1ccc(C#Cc2c3ccccc3c(C#Cc3ccc(C(=O)O)cc3)c3ccccc23)cc1.[LiH].[LiH]. The van der Waals surface area contributed by atoms with Crippen molar-refractivity contribution in [1.29, 1.82) is 0 Å². The number of rotatable bonds is 2. The van der Waals surface area contributed by atoms with Crippen LogP contribution in [0.3, 0.4) is 0 Å². The molecular weight excluding hydrogens is 462 g/mol. The van der Waals surface area contributed by atoms with Gasteiger partial charge in [-0.25, -0.2) is 9.59 Å². The molecule has 6 heteroatoms. The van der Waals surface area contributed by atoms with E-state index in [-0.39, 0.29) is 48.8 Å². The molecule has 0 saturated heterocycles. The van der Waals surface area contributed by atoms with Crippen LogP contribution in [0.15, 0.2) is 97.1 Å². The second-order valence-electron chi connectivity index (χ2n) is 8.11. The normalized spacial score (nSPS) is 9.68. The Morgan fingerprint density at radius 3 is 1.00 bits per heavy atom. The molecule has 174 valence electrons. The van der Waals surface area contributed by atoms with E-state index < -0.39 is 11.9 Å². The van der Waals surface area contributed by atoms with Gasteiger partial charge in [0.1, 0.15) is 0 Å². The first-order valence-corrected chi connectivity index (χ1v) is 11.2. The zero-order valence-corrected chi connectivity index (χ0v) is 18.9. The summed E-state index contributed by atoms with van der Waals surface area (Å²) in [5.41, 5.74) is 3.64. The van der Waals surface area contributed by atoms with Gasteiger partial charge in [0.2, 0.25) is 0 Å². The van der Waals surface area contributed by atoms with Crippen LogP contribution in [0.4, 0.5) is 0 Å². The van der Waals surface area contributed by atoms with Gasteiger partial charge in [-0.15, -0.1) is 0 Å². The van der Waals surface area contributed by atoms with Gasteiger partial charge in [-0.2, -0.15) is 0 Å². The van der Waals surface area contributed by atoms with Crippen molar-refractivity contribution in [2.75, 3.05) is 0 Å². The molecule has 0 aliphatic carbocycles. The van der Waals surface area contributed by atoms with Crippen LogP contribution in [-0.4, -0.2) is 59.9 Å². The summed E-state index contributed by atoms with van der Waals surface area (Å²) in [6.07, 6.45) is 0. The minimum absolute atomic E-state index is 0. The van der Waals surface area contributed by atoms with Gasteiger partial charge in [-0.1, -0.05) is 72.2 Å². The van der Waals surface area contributed by atoms with Crippen LogP contribution >= 0.6 is 0 Å². The van der Waals surface area contributed by atoms with Crippen molar-refractivity contribution in [2.24, 2.45) is 0 Å². The van der Waals surface area contributed by atoms with E-state index in [0.717, 1.165) is 43.8 Å². The molecule has 0 aromatic heterocycles. The Morgan fingerprint density at radius 1 is 0.447 bits per heavy atom. The maximum atomic E-state index is 11.1. The summed E-state index contributed by atoms with van der Waals surface area (Å²) in [7, 11) is 0. The van der Waals surface area contributed by atoms with E-state index in [4.69, 9.17) is 10.2 Å². The first-order chi connectivity index (χ1) is 17.5. The fourth-order valence-electron chi connectivity index (χ4n) is 4.06. The fourth-order valence-corrected chi connectivity index (χ4v) is 4.06. The molecule has 5 aromatic rings. The van der Waals surface area contributed by atoms with Crippen LogP contribution in [0.1, 0.15) is 43.0 Å². The van der Waals surface area contributed by atoms with Crippen LogP contribution in [0.2, 0.25) is 0 Å².